The molecule has 1 aromatic heterocycles. The van der Waals surface area contributed by atoms with Gasteiger partial charge < -0.3 is 4.57 Å². The van der Waals surface area contributed by atoms with Crippen LogP contribution in [0, 0.1) is 0 Å². The average Bonchev–Trinajstić information content (AvgIpc) is 3.26. The molecule has 4 heteroatoms. The van der Waals surface area contributed by atoms with E-state index < -0.39 is 0 Å². The number of carbonyl (C=O) groups is 2. The van der Waals surface area contributed by atoms with Crippen LogP contribution in [0.4, 0.5) is 0 Å². The van der Waals surface area contributed by atoms with Gasteiger partial charge in [0, 0.05) is 29.7 Å². The van der Waals surface area contributed by atoms with Crippen molar-refractivity contribution in [2.45, 2.75) is 13.0 Å². The van der Waals surface area contributed by atoms with Crippen molar-refractivity contribution in [3.05, 3.63) is 96.1 Å². The highest BCUT2D eigenvalue weighted by molar-refractivity contribution is 6.21. The van der Waals surface area contributed by atoms with Crippen molar-refractivity contribution in [2.24, 2.45) is 0 Å². The molecular formula is C25H20N2O2. The largest absolute Gasteiger partial charge is 0.340 e. The quantitative estimate of drug-likeness (QED) is 0.458. The summed E-state index contributed by atoms with van der Waals surface area (Å²) in [5.41, 5.74) is 4.48. The van der Waals surface area contributed by atoms with E-state index in [1.807, 2.05) is 30.3 Å². The maximum absolute atomic E-state index is 12.6. The van der Waals surface area contributed by atoms with Gasteiger partial charge in [0.1, 0.15) is 0 Å². The zero-order valence-corrected chi connectivity index (χ0v) is 15.9. The molecule has 0 radical (unpaired) electrons. The summed E-state index contributed by atoms with van der Waals surface area (Å²) in [6, 6.07) is 27.9. The van der Waals surface area contributed by atoms with E-state index in [2.05, 4.69) is 34.9 Å². The molecule has 2 amide bonds. The first-order valence-electron chi connectivity index (χ1n) is 9.83. The van der Waals surface area contributed by atoms with Gasteiger partial charge in [0.2, 0.25) is 0 Å². The molecule has 0 saturated heterocycles. The Morgan fingerprint density at radius 2 is 1.28 bits per heavy atom. The van der Waals surface area contributed by atoms with Crippen LogP contribution in [0.3, 0.4) is 0 Å². The first-order chi connectivity index (χ1) is 14.2. The van der Waals surface area contributed by atoms with E-state index in [4.69, 9.17) is 0 Å². The summed E-state index contributed by atoms with van der Waals surface area (Å²) < 4.78 is 2.28. The van der Waals surface area contributed by atoms with Crippen molar-refractivity contribution in [1.82, 2.24) is 9.47 Å². The lowest BCUT2D eigenvalue weighted by atomic mass is 10.1. The van der Waals surface area contributed by atoms with Gasteiger partial charge in [0.15, 0.2) is 0 Å². The third kappa shape index (κ3) is 2.93. The number of imide groups is 1. The first kappa shape index (κ1) is 17.4. The molecule has 2 heterocycles. The standard InChI is InChI=1S/C25H20N2O2/c28-24-20-12-5-6-13-21(20)25(29)27(24)16-8-15-26-22-14-7-4-11-19(22)17-23(26)18-9-2-1-3-10-18/h1-7,9-14,17H,8,15-16H2. The van der Waals surface area contributed by atoms with Crippen molar-refractivity contribution in [1.29, 1.82) is 0 Å². The van der Waals surface area contributed by atoms with Gasteiger partial charge in [-0.3, -0.25) is 14.5 Å². The zero-order valence-electron chi connectivity index (χ0n) is 15.9. The van der Waals surface area contributed by atoms with E-state index >= 15 is 0 Å². The summed E-state index contributed by atoms with van der Waals surface area (Å²) >= 11 is 0. The highest BCUT2D eigenvalue weighted by Crippen LogP contribution is 2.29. The highest BCUT2D eigenvalue weighted by atomic mass is 16.2. The molecule has 0 atom stereocenters. The van der Waals surface area contributed by atoms with Crippen molar-refractivity contribution < 1.29 is 9.59 Å². The Morgan fingerprint density at radius 1 is 0.655 bits per heavy atom. The fourth-order valence-electron chi connectivity index (χ4n) is 4.13. The highest BCUT2D eigenvalue weighted by Gasteiger charge is 2.34. The van der Waals surface area contributed by atoms with E-state index in [0.29, 0.717) is 24.1 Å². The SMILES string of the molecule is O=C1c2ccccc2C(=O)N1CCCn1c(-c2ccccc2)cc2ccccc21. The number of para-hydroxylation sites is 1. The molecule has 0 fully saturated rings. The van der Waals surface area contributed by atoms with Gasteiger partial charge >= 0.3 is 0 Å². The molecule has 0 spiro atoms. The van der Waals surface area contributed by atoms with Gasteiger partial charge in [-0.25, -0.2) is 0 Å². The maximum Gasteiger partial charge on any atom is 0.261 e. The number of hydrogen-bond acceptors (Lipinski definition) is 2. The van der Waals surface area contributed by atoms with Crippen molar-refractivity contribution in [3.8, 4) is 11.3 Å². The van der Waals surface area contributed by atoms with E-state index in [-0.39, 0.29) is 11.8 Å². The molecule has 3 aromatic carbocycles. The maximum atomic E-state index is 12.6. The van der Waals surface area contributed by atoms with Gasteiger partial charge in [-0.15, -0.1) is 0 Å². The van der Waals surface area contributed by atoms with Crippen LogP contribution in [0.25, 0.3) is 22.2 Å². The monoisotopic (exact) mass is 380 g/mol. The lowest BCUT2D eigenvalue weighted by Crippen LogP contribution is -2.31. The van der Waals surface area contributed by atoms with Crippen LogP contribution in [-0.2, 0) is 6.54 Å². The van der Waals surface area contributed by atoms with Crippen molar-refractivity contribution in [2.75, 3.05) is 6.54 Å². The number of aryl methyl sites for hydroxylation is 1. The van der Waals surface area contributed by atoms with Crippen molar-refractivity contribution >= 4 is 22.7 Å². The van der Waals surface area contributed by atoms with Gasteiger partial charge in [0.25, 0.3) is 11.8 Å². The Bertz CT molecular complexity index is 1190. The predicted molar refractivity (Wildman–Crippen MR) is 114 cm³/mol. The molecule has 0 N–H and O–H groups in total. The van der Waals surface area contributed by atoms with Crippen LogP contribution in [0.15, 0.2) is 84.9 Å². The molecule has 142 valence electrons. The molecule has 1 aliphatic rings. The average molecular weight is 380 g/mol. The number of benzene rings is 3. The third-order valence-electron chi connectivity index (χ3n) is 5.52. The molecule has 5 rings (SSSR count). The number of aromatic nitrogens is 1. The van der Waals surface area contributed by atoms with Gasteiger partial charge in [-0.1, -0.05) is 60.7 Å². The van der Waals surface area contributed by atoms with E-state index in [1.54, 1.807) is 24.3 Å². The number of rotatable bonds is 5. The molecule has 4 nitrogen and oxygen atoms in total. The van der Waals surface area contributed by atoms with Gasteiger partial charge in [0.05, 0.1) is 11.1 Å². The van der Waals surface area contributed by atoms with Crippen LogP contribution < -0.4 is 0 Å². The van der Waals surface area contributed by atoms with E-state index in [1.165, 1.54) is 10.3 Å². The number of nitrogens with zero attached hydrogens (tertiary/aromatic N) is 2. The number of fused-ring (bicyclic) bond motifs is 2. The Labute approximate surface area is 169 Å². The smallest absolute Gasteiger partial charge is 0.261 e. The number of hydrogen-bond donors (Lipinski definition) is 0. The fraction of sp³-hybridized carbons (Fsp3) is 0.120. The second kappa shape index (κ2) is 7.06. The third-order valence-corrected chi connectivity index (χ3v) is 5.52. The minimum Gasteiger partial charge on any atom is -0.340 e. The summed E-state index contributed by atoms with van der Waals surface area (Å²) in [4.78, 5) is 26.6. The van der Waals surface area contributed by atoms with E-state index in [0.717, 1.165) is 23.3 Å². The summed E-state index contributed by atoms with van der Waals surface area (Å²) in [7, 11) is 0. The van der Waals surface area contributed by atoms with Crippen LogP contribution in [0.1, 0.15) is 27.1 Å². The van der Waals surface area contributed by atoms with Crippen LogP contribution >= 0.6 is 0 Å². The molecule has 0 saturated carbocycles. The molecule has 0 unspecified atom stereocenters. The minimum atomic E-state index is -0.189. The molecule has 29 heavy (non-hydrogen) atoms. The summed E-state index contributed by atoms with van der Waals surface area (Å²) in [6.45, 7) is 1.14. The van der Waals surface area contributed by atoms with Crippen LogP contribution in [0.5, 0.6) is 0 Å². The lowest BCUT2D eigenvalue weighted by molar-refractivity contribution is 0.0651. The zero-order chi connectivity index (χ0) is 19.8. The Morgan fingerprint density at radius 3 is 2.00 bits per heavy atom. The Kier molecular flexibility index (Phi) is 4.24. The Hall–Kier alpha value is -3.66. The second-order valence-electron chi connectivity index (χ2n) is 7.27. The molecule has 0 bridgehead atoms. The van der Waals surface area contributed by atoms with E-state index in [9.17, 15) is 9.59 Å². The Balaban J connectivity index is 1.41. The topological polar surface area (TPSA) is 42.3 Å². The van der Waals surface area contributed by atoms with Crippen LogP contribution in [-0.4, -0.2) is 27.8 Å². The first-order valence-corrected chi connectivity index (χ1v) is 9.83. The predicted octanol–water partition coefficient (Wildman–Crippen LogP) is 4.99. The normalized spacial score (nSPS) is 13.3. The lowest BCUT2D eigenvalue weighted by Gasteiger charge is -2.16. The van der Waals surface area contributed by atoms with Gasteiger partial charge in [-0.2, -0.15) is 0 Å². The van der Waals surface area contributed by atoms with Crippen LogP contribution in [0.2, 0.25) is 0 Å². The minimum absolute atomic E-state index is 0.189. The number of carbonyl (C=O) groups excluding carboxylic acids is 2. The molecule has 4 aromatic rings. The molecule has 1 aliphatic heterocycles. The van der Waals surface area contributed by atoms with Crippen molar-refractivity contribution in [3.63, 3.8) is 0 Å². The second-order valence-corrected chi connectivity index (χ2v) is 7.27. The summed E-state index contributed by atoms with van der Waals surface area (Å²) in [5.74, 6) is -0.377. The van der Waals surface area contributed by atoms with Gasteiger partial charge in [-0.05, 0) is 36.2 Å². The fourth-order valence-corrected chi connectivity index (χ4v) is 4.13. The summed E-state index contributed by atoms with van der Waals surface area (Å²) in [5, 5.41) is 1.19. The molecule has 0 aliphatic carbocycles. The molecular weight excluding hydrogens is 360 g/mol. The number of amides is 2. The summed E-state index contributed by atoms with van der Waals surface area (Å²) in [6.07, 6.45) is 0.698.